The van der Waals surface area contributed by atoms with Crippen molar-refractivity contribution in [3.8, 4) is 0 Å². The minimum atomic E-state index is -0.901. The van der Waals surface area contributed by atoms with Crippen molar-refractivity contribution in [3.63, 3.8) is 0 Å². The van der Waals surface area contributed by atoms with Gasteiger partial charge in [0.25, 0.3) is 17.7 Å². The molecule has 2 atom stereocenters. The van der Waals surface area contributed by atoms with Crippen molar-refractivity contribution >= 4 is 17.7 Å². The minimum Gasteiger partial charge on any atom is -0.285 e. The van der Waals surface area contributed by atoms with Crippen molar-refractivity contribution in [1.82, 2.24) is 9.96 Å². The van der Waals surface area contributed by atoms with Crippen molar-refractivity contribution in [1.29, 1.82) is 0 Å². The van der Waals surface area contributed by atoms with Gasteiger partial charge in [-0.05, 0) is 19.1 Å². The average molecular weight is 246 g/mol. The standard InChI is InChI=1S/C12H10N2O4/c1-6-9(12(17)14(6)18)13-10(15)7-4-2-3-5-8(7)11(13)16/h2-6,9,18H,1H3/t6-,9-/m1/s1. The molecule has 2 aliphatic rings. The van der Waals surface area contributed by atoms with Crippen LogP contribution in [0.2, 0.25) is 0 Å². The fourth-order valence-corrected chi connectivity index (χ4v) is 2.38. The number of hydroxylamine groups is 2. The highest BCUT2D eigenvalue weighted by atomic mass is 16.5. The molecule has 0 saturated carbocycles. The van der Waals surface area contributed by atoms with Crippen LogP contribution in [0.15, 0.2) is 24.3 Å². The number of β-lactam (4-membered cyclic amide) rings is 1. The van der Waals surface area contributed by atoms with E-state index in [1.807, 2.05) is 0 Å². The van der Waals surface area contributed by atoms with Gasteiger partial charge < -0.3 is 0 Å². The maximum absolute atomic E-state index is 12.1. The molecule has 2 heterocycles. The summed E-state index contributed by atoms with van der Waals surface area (Å²) >= 11 is 0. The van der Waals surface area contributed by atoms with Crippen molar-refractivity contribution in [2.45, 2.75) is 19.0 Å². The molecule has 6 nitrogen and oxygen atoms in total. The number of hydrogen-bond acceptors (Lipinski definition) is 4. The van der Waals surface area contributed by atoms with Crippen molar-refractivity contribution < 1.29 is 19.6 Å². The van der Waals surface area contributed by atoms with E-state index < -0.39 is 29.8 Å². The average Bonchev–Trinajstić information content (AvgIpc) is 2.64. The summed E-state index contributed by atoms with van der Waals surface area (Å²) < 4.78 is 0. The number of hydrogen-bond donors (Lipinski definition) is 1. The summed E-state index contributed by atoms with van der Waals surface area (Å²) in [5.74, 6) is -1.58. The van der Waals surface area contributed by atoms with Crippen LogP contribution in [0.3, 0.4) is 0 Å². The molecule has 6 heteroatoms. The summed E-state index contributed by atoms with van der Waals surface area (Å²) in [5.41, 5.74) is 0.609. The van der Waals surface area contributed by atoms with Gasteiger partial charge in [-0.2, -0.15) is 0 Å². The first-order valence-corrected chi connectivity index (χ1v) is 5.53. The van der Waals surface area contributed by atoms with Gasteiger partial charge in [-0.3, -0.25) is 24.5 Å². The molecular formula is C12H10N2O4. The summed E-state index contributed by atoms with van der Waals surface area (Å²) in [6, 6.07) is 4.97. The Bertz CT molecular complexity index is 548. The lowest BCUT2D eigenvalue weighted by Crippen LogP contribution is -2.69. The van der Waals surface area contributed by atoms with Gasteiger partial charge in [0.2, 0.25) is 0 Å². The Hall–Kier alpha value is -2.21. The maximum Gasteiger partial charge on any atom is 0.271 e. The smallest absolute Gasteiger partial charge is 0.271 e. The van der Waals surface area contributed by atoms with Crippen LogP contribution >= 0.6 is 0 Å². The van der Waals surface area contributed by atoms with E-state index in [-0.39, 0.29) is 0 Å². The third-order valence-corrected chi connectivity index (χ3v) is 3.43. The van der Waals surface area contributed by atoms with E-state index in [2.05, 4.69) is 0 Å². The fraction of sp³-hybridized carbons (Fsp3) is 0.250. The Morgan fingerprint density at radius 1 is 1.06 bits per heavy atom. The molecule has 0 aromatic heterocycles. The molecule has 1 fully saturated rings. The molecule has 0 spiro atoms. The molecule has 2 aliphatic heterocycles. The first-order valence-electron chi connectivity index (χ1n) is 5.53. The summed E-state index contributed by atoms with van der Waals surface area (Å²) in [4.78, 5) is 36.6. The molecule has 1 aromatic carbocycles. The molecule has 1 saturated heterocycles. The summed E-state index contributed by atoms with van der Waals surface area (Å²) in [6.45, 7) is 1.58. The van der Waals surface area contributed by atoms with Crippen molar-refractivity contribution in [2.75, 3.05) is 0 Å². The van der Waals surface area contributed by atoms with Crippen LogP contribution in [0.1, 0.15) is 27.6 Å². The largest absolute Gasteiger partial charge is 0.285 e. The Labute approximate surface area is 102 Å². The zero-order valence-electron chi connectivity index (χ0n) is 9.53. The zero-order chi connectivity index (χ0) is 13.0. The molecule has 92 valence electrons. The van der Waals surface area contributed by atoms with Gasteiger partial charge in [0.1, 0.15) is 6.04 Å². The topological polar surface area (TPSA) is 77.9 Å². The molecule has 1 aromatic rings. The Kier molecular flexibility index (Phi) is 2.06. The highest BCUT2D eigenvalue weighted by Gasteiger charge is 2.54. The quantitative estimate of drug-likeness (QED) is 0.438. The number of amides is 3. The van der Waals surface area contributed by atoms with E-state index in [0.29, 0.717) is 16.2 Å². The molecule has 3 amide bonds. The number of carbonyl (C=O) groups is 3. The summed E-state index contributed by atoms with van der Waals surface area (Å²) in [5, 5.41) is 9.78. The molecule has 18 heavy (non-hydrogen) atoms. The summed E-state index contributed by atoms with van der Waals surface area (Å²) in [7, 11) is 0. The van der Waals surface area contributed by atoms with E-state index in [1.54, 1.807) is 31.2 Å². The normalized spacial score (nSPS) is 26.4. The SMILES string of the molecule is C[C@@H]1[C@@H](N2C(=O)c3ccccc3C2=O)C(=O)N1O. The molecule has 0 bridgehead atoms. The number of rotatable bonds is 1. The molecule has 0 radical (unpaired) electrons. The lowest BCUT2D eigenvalue weighted by Gasteiger charge is -2.43. The Morgan fingerprint density at radius 3 is 2.00 bits per heavy atom. The lowest BCUT2D eigenvalue weighted by molar-refractivity contribution is -0.212. The van der Waals surface area contributed by atoms with E-state index in [1.165, 1.54) is 0 Å². The second-order valence-electron chi connectivity index (χ2n) is 4.39. The first-order chi connectivity index (χ1) is 8.54. The van der Waals surface area contributed by atoms with Gasteiger partial charge in [0.05, 0.1) is 17.2 Å². The highest BCUT2D eigenvalue weighted by Crippen LogP contribution is 2.31. The number of benzene rings is 1. The number of imide groups is 1. The van der Waals surface area contributed by atoms with Crippen LogP contribution in [-0.4, -0.2) is 45.0 Å². The summed E-state index contributed by atoms with van der Waals surface area (Å²) in [6.07, 6.45) is 0. The van der Waals surface area contributed by atoms with Crippen LogP contribution in [0.5, 0.6) is 0 Å². The molecule has 0 aliphatic carbocycles. The van der Waals surface area contributed by atoms with Gasteiger partial charge in [-0.15, -0.1) is 0 Å². The third kappa shape index (κ3) is 1.12. The predicted molar refractivity (Wildman–Crippen MR) is 58.8 cm³/mol. The fourth-order valence-electron chi connectivity index (χ4n) is 2.38. The van der Waals surface area contributed by atoms with Gasteiger partial charge in [0, 0.05) is 0 Å². The van der Waals surface area contributed by atoms with Gasteiger partial charge in [-0.1, -0.05) is 12.1 Å². The molecule has 3 rings (SSSR count). The Morgan fingerprint density at radius 2 is 1.56 bits per heavy atom. The van der Waals surface area contributed by atoms with Crippen LogP contribution in [0.4, 0.5) is 0 Å². The van der Waals surface area contributed by atoms with Crippen LogP contribution in [0.25, 0.3) is 0 Å². The predicted octanol–water partition coefficient (Wildman–Crippen LogP) is 0.271. The molecule has 0 unspecified atom stereocenters. The van der Waals surface area contributed by atoms with E-state index in [9.17, 15) is 19.6 Å². The first kappa shape index (κ1) is 10.9. The van der Waals surface area contributed by atoms with Crippen LogP contribution < -0.4 is 0 Å². The monoisotopic (exact) mass is 246 g/mol. The van der Waals surface area contributed by atoms with Crippen LogP contribution in [0, 0.1) is 0 Å². The van der Waals surface area contributed by atoms with E-state index >= 15 is 0 Å². The second kappa shape index (κ2) is 3.39. The highest BCUT2D eigenvalue weighted by molar-refractivity contribution is 6.23. The zero-order valence-corrected chi connectivity index (χ0v) is 9.53. The van der Waals surface area contributed by atoms with Crippen molar-refractivity contribution in [2.24, 2.45) is 0 Å². The van der Waals surface area contributed by atoms with Gasteiger partial charge in [-0.25, -0.2) is 5.06 Å². The van der Waals surface area contributed by atoms with E-state index in [0.717, 1.165) is 4.90 Å². The maximum atomic E-state index is 12.1. The van der Waals surface area contributed by atoms with Gasteiger partial charge in [0.15, 0.2) is 0 Å². The Balaban J connectivity index is 2.01. The molecular weight excluding hydrogens is 236 g/mol. The number of nitrogens with zero attached hydrogens (tertiary/aromatic N) is 2. The number of fused-ring (bicyclic) bond motifs is 1. The van der Waals surface area contributed by atoms with Crippen molar-refractivity contribution in [3.05, 3.63) is 35.4 Å². The number of carbonyl (C=O) groups excluding carboxylic acids is 3. The minimum absolute atomic E-state index is 0.305. The molecule has 1 N–H and O–H groups in total. The van der Waals surface area contributed by atoms with Crippen LogP contribution in [-0.2, 0) is 4.79 Å². The second-order valence-corrected chi connectivity index (χ2v) is 4.39. The lowest BCUT2D eigenvalue weighted by atomic mass is 9.98. The van der Waals surface area contributed by atoms with Gasteiger partial charge >= 0.3 is 0 Å². The van der Waals surface area contributed by atoms with E-state index in [4.69, 9.17) is 0 Å². The third-order valence-electron chi connectivity index (χ3n) is 3.43.